The Bertz CT molecular complexity index is 3640. The van der Waals surface area contributed by atoms with Crippen molar-refractivity contribution >= 4 is 71.3 Å². The molecule has 11 aromatic carbocycles. The molecule has 1 aromatic heterocycles. The molecule has 0 amide bonds. The Hall–Kier alpha value is -8.20. The second kappa shape index (κ2) is 14.8. The molecule has 0 aliphatic rings. The van der Waals surface area contributed by atoms with E-state index in [1.807, 2.05) is 0 Å². The first-order valence-electron chi connectivity index (χ1n) is 21.3. The van der Waals surface area contributed by atoms with E-state index in [-0.39, 0.29) is 0 Å². The summed E-state index contributed by atoms with van der Waals surface area (Å²) in [5.41, 5.74) is 14.1. The molecule has 0 N–H and O–H groups in total. The number of fused-ring (bicyclic) bond motifs is 7. The molecule has 0 fully saturated rings. The Morgan fingerprint density at radius 1 is 0.274 bits per heavy atom. The number of benzene rings is 11. The molecule has 2 nitrogen and oxygen atoms in total. The minimum atomic E-state index is 0.855. The molecule has 0 saturated heterocycles. The van der Waals surface area contributed by atoms with E-state index in [1.165, 1.54) is 43.4 Å². The van der Waals surface area contributed by atoms with Gasteiger partial charge in [0, 0.05) is 22.1 Å². The molecular formula is C60H39NO. The smallest absolute Gasteiger partial charge is 0.145 e. The van der Waals surface area contributed by atoms with E-state index in [0.29, 0.717) is 0 Å². The monoisotopic (exact) mass is 789 g/mol. The van der Waals surface area contributed by atoms with Crippen molar-refractivity contribution in [3.05, 3.63) is 237 Å². The standard InChI is InChI=1S/C60H39NO/c1-2-16-40(17-3-1)42-30-33-43(34-31-42)48-22-10-13-27-55(48)61(56-28-14-11-23-49(56)46-35-32-41-18-4-5-19-44(41)38-46)57-37-36-52(60-59(57)53-26-12-15-29-58(53)62-60)54-39-45-20-6-7-21-47(45)50-24-8-9-25-51(50)54/h1-39H. The lowest BCUT2D eigenvalue weighted by molar-refractivity contribution is 0.670. The fraction of sp³-hybridized carbons (Fsp3) is 0. The Morgan fingerprint density at radius 2 is 0.823 bits per heavy atom. The van der Waals surface area contributed by atoms with E-state index >= 15 is 0 Å². The van der Waals surface area contributed by atoms with Gasteiger partial charge < -0.3 is 9.32 Å². The lowest BCUT2D eigenvalue weighted by atomic mass is 9.91. The first-order chi connectivity index (χ1) is 30.8. The van der Waals surface area contributed by atoms with Crippen molar-refractivity contribution in [2.75, 3.05) is 4.90 Å². The van der Waals surface area contributed by atoms with Crippen LogP contribution in [0.3, 0.4) is 0 Å². The molecule has 0 saturated carbocycles. The second-order valence-corrected chi connectivity index (χ2v) is 16.0. The van der Waals surface area contributed by atoms with Crippen LogP contribution in [0.5, 0.6) is 0 Å². The normalized spacial score (nSPS) is 11.5. The van der Waals surface area contributed by atoms with Crippen LogP contribution in [0.4, 0.5) is 17.1 Å². The van der Waals surface area contributed by atoms with Crippen LogP contribution in [-0.2, 0) is 0 Å². The van der Waals surface area contributed by atoms with Gasteiger partial charge in [-0.25, -0.2) is 0 Å². The summed E-state index contributed by atoms with van der Waals surface area (Å²) >= 11 is 0. The van der Waals surface area contributed by atoms with Gasteiger partial charge in [0.2, 0.25) is 0 Å². The Kier molecular flexibility index (Phi) is 8.53. The number of hydrogen-bond acceptors (Lipinski definition) is 2. The van der Waals surface area contributed by atoms with Gasteiger partial charge in [0.1, 0.15) is 11.2 Å². The van der Waals surface area contributed by atoms with Gasteiger partial charge in [-0.15, -0.1) is 0 Å². The second-order valence-electron chi connectivity index (χ2n) is 16.0. The van der Waals surface area contributed by atoms with Gasteiger partial charge in [-0.2, -0.15) is 0 Å². The van der Waals surface area contributed by atoms with Crippen molar-refractivity contribution in [1.29, 1.82) is 0 Å². The lowest BCUT2D eigenvalue weighted by Crippen LogP contribution is -2.13. The van der Waals surface area contributed by atoms with Gasteiger partial charge in [0.05, 0.1) is 22.4 Å². The summed E-state index contributed by atoms with van der Waals surface area (Å²) < 4.78 is 7.07. The van der Waals surface area contributed by atoms with Gasteiger partial charge in [0.25, 0.3) is 0 Å². The maximum Gasteiger partial charge on any atom is 0.145 e. The fourth-order valence-electron chi connectivity index (χ4n) is 9.53. The Morgan fingerprint density at radius 3 is 1.60 bits per heavy atom. The highest BCUT2D eigenvalue weighted by molar-refractivity contribution is 6.21. The molecule has 1 heterocycles. The summed E-state index contributed by atoms with van der Waals surface area (Å²) in [6.07, 6.45) is 0. The molecule has 12 aromatic rings. The van der Waals surface area contributed by atoms with E-state index in [2.05, 4.69) is 241 Å². The van der Waals surface area contributed by atoms with Crippen molar-refractivity contribution < 1.29 is 4.42 Å². The average molecular weight is 790 g/mol. The Balaban J connectivity index is 1.14. The number of furan rings is 1. The molecule has 12 rings (SSSR count). The highest BCUT2D eigenvalue weighted by Gasteiger charge is 2.26. The van der Waals surface area contributed by atoms with Crippen LogP contribution < -0.4 is 4.90 Å². The van der Waals surface area contributed by atoms with Crippen LogP contribution in [0.15, 0.2) is 241 Å². The first-order valence-corrected chi connectivity index (χ1v) is 21.3. The molecule has 290 valence electrons. The molecule has 0 aliphatic heterocycles. The highest BCUT2D eigenvalue weighted by Crippen LogP contribution is 2.51. The quantitative estimate of drug-likeness (QED) is 0.150. The summed E-state index contributed by atoms with van der Waals surface area (Å²) in [4.78, 5) is 2.47. The first kappa shape index (κ1) is 35.7. The van der Waals surface area contributed by atoms with E-state index in [9.17, 15) is 0 Å². The van der Waals surface area contributed by atoms with Crippen LogP contribution in [0.2, 0.25) is 0 Å². The topological polar surface area (TPSA) is 16.4 Å². The molecular weight excluding hydrogens is 751 g/mol. The van der Waals surface area contributed by atoms with Crippen molar-refractivity contribution in [3.63, 3.8) is 0 Å². The van der Waals surface area contributed by atoms with Crippen LogP contribution in [0.1, 0.15) is 0 Å². The third-order valence-corrected chi connectivity index (χ3v) is 12.5. The van der Waals surface area contributed by atoms with Crippen LogP contribution in [0.25, 0.3) is 98.8 Å². The Labute approximate surface area is 360 Å². The zero-order chi connectivity index (χ0) is 41.0. The molecule has 0 spiro atoms. The molecule has 0 bridgehead atoms. The van der Waals surface area contributed by atoms with E-state index in [0.717, 1.165) is 72.4 Å². The van der Waals surface area contributed by atoms with Gasteiger partial charge in [-0.05, 0) is 103 Å². The highest BCUT2D eigenvalue weighted by atomic mass is 16.3. The maximum atomic E-state index is 7.07. The number of nitrogens with zero attached hydrogens (tertiary/aromatic N) is 1. The molecule has 0 aliphatic carbocycles. The van der Waals surface area contributed by atoms with Gasteiger partial charge >= 0.3 is 0 Å². The van der Waals surface area contributed by atoms with Crippen molar-refractivity contribution in [2.45, 2.75) is 0 Å². The minimum absolute atomic E-state index is 0.855. The number of hydrogen-bond donors (Lipinski definition) is 0. The zero-order valence-corrected chi connectivity index (χ0v) is 33.9. The fourth-order valence-corrected chi connectivity index (χ4v) is 9.53. The SMILES string of the molecule is c1ccc(-c2ccc(-c3ccccc3N(c3ccccc3-c3ccc4ccccc4c3)c3ccc(-c4cc5ccccc5c5ccccc45)c4oc5ccccc5c34)cc2)cc1. The summed E-state index contributed by atoms with van der Waals surface area (Å²) in [6.45, 7) is 0. The van der Waals surface area contributed by atoms with Crippen LogP contribution >= 0.6 is 0 Å². The van der Waals surface area contributed by atoms with Crippen molar-refractivity contribution in [3.8, 4) is 44.5 Å². The number of anilines is 3. The summed E-state index contributed by atoms with van der Waals surface area (Å²) in [5, 5.41) is 9.44. The molecule has 0 atom stereocenters. The van der Waals surface area contributed by atoms with Crippen molar-refractivity contribution in [1.82, 2.24) is 0 Å². The van der Waals surface area contributed by atoms with Crippen molar-refractivity contribution in [2.24, 2.45) is 0 Å². The largest absolute Gasteiger partial charge is 0.455 e. The van der Waals surface area contributed by atoms with Gasteiger partial charge in [0.15, 0.2) is 0 Å². The van der Waals surface area contributed by atoms with Gasteiger partial charge in [-0.1, -0.05) is 194 Å². The molecule has 62 heavy (non-hydrogen) atoms. The summed E-state index contributed by atoms with van der Waals surface area (Å²) in [6, 6.07) is 85.4. The zero-order valence-electron chi connectivity index (χ0n) is 33.9. The maximum absolute atomic E-state index is 7.07. The van der Waals surface area contributed by atoms with Gasteiger partial charge in [-0.3, -0.25) is 0 Å². The molecule has 0 radical (unpaired) electrons. The van der Waals surface area contributed by atoms with Crippen LogP contribution in [0, 0.1) is 0 Å². The summed E-state index contributed by atoms with van der Waals surface area (Å²) in [7, 11) is 0. The minimum Gasteiger partial charge on any atom is -0.455 e. The van der Waals surface area contributed by atoms with E-state index < -0.39 is 0 Å². The predicted molar refractivity (Wildman–Crippen MR) is 263 cm³/mol. The van der Waals surface area contributed by atoms with E-state index in [4.69, 9.17) is 4.42 Å². The third kappa shape index (κ3) is 5.96. The number of rotatable bonds is 7. The summed E-state index contributed by atoms with van der Waals surface area (Å²) in [5.74, 6) is 0. The number of para-hydroxylation sites is 3. The van der Waals surface area contributed by atoms with Crippen LogP contribution in [-0.4, -0.2) is 0 Å². The lowest BCUT2D eigenvalue weighted by Gasteiger charge is -2.31. The molecule has 0 unspecified atom stereocenters. The average Bonchev–Trinajstić information content (AvgIpc) is 3.75. The third-order valence-electron chi connectivity index (χ3n) is 12.5. The molecule has 2 heteroatoms. The predicted octanol–water partition coefficient (Wildman–Crippen LogP) is 17.2. The van der Waals surface area contributed by atoms with E-state index in [1.54, 1.807) is 0 Å².